The van der Waals surface area contributed by atoms with Crippen molar-refractivity contribution in [2.24, 2.45) is 0 Å². The Morgan fingerprint density at radius 3 is 3.15 bits per heavy atom. The molecule has 0 aliphatic carbocycles. The highest BCUT2D eigenvalue weighted by Crippen LogP contribution is 2.04. The molecule has 0 unspecified atom stereocenters. The molecule has 0 spiro atoms. The molecule has 1 N–H and O–H groups in total. The molecule has 0 atom stereocenters. The van der Waals surface area contributed by atoms with Crippen LogP contribution >= 0.6 is 11.3 Å². The number of esters is 1. The average Bonchev–Trinajstić information content (AvgIpc) is 2.57. The molecule has 0 saturated heterocycles. The first kappa shape index (κ1) is 10.2. The summed E-state index contributed by atoms with van der Waals surface area (Å²) in [5, 5.41) is 7.07. The molecule has 13 heavy (non-hydrogen) atoms. The number of ether oxygens (including phenoxy) is 1. The van der Waals surface area contributed by atoms with Gasteiger partial charge in [0.1, 0.15) is 0 Å². The molecule has 0 aliphatic heterocycles. The summed E-state index contributed by atoms with van der Waals surface area (Å²) in [5.41, 5.74) is 1.20. The smallest absolute Gasteiger partial charge is 0.319 e. The molecular formula is C9H13NO2S. The van der Waals surface area contributed by atoms with Crippen molar-refractivity contribution in [1.82, 2.24) is 5.32 Å². The van der Waals surface area contributed by atoms with E-state index < -0.39 is 0 Å². The van der Waals surface area contributed by atoms with Gasteiger partial charge in [-0.05, 0) is 29.3 Å². The van der Waals surface area contributed by atoms with E-state index in [-0.39, 0.29) is 12.5 Å². The van der Waals surface area contributed by atoms with Crippen LogP contribution in [0, 0.1) is 0 Å². The molecule has 1 heterocycles. The Kier molecular flexibility index (Phi) is 4.49. The number of rotatable bonds is 5. The molecule has 4 heteroatoms. The third-order valence-corrected chi connectivity index (χ3v) is 2.22. The Labute approximate surface area is 81.7 Å². The molecule has 1 rings (SSSR count). The van der Waals surface area contributed by atoms with Crippen LogP contribution in [0.1, 0.15) is 12.5 Å². The van der Waals surface area contributed by atoms with Gasteiger partial charge >= 0.3 is 5.97 Å². The van der Waals surface area contributed by atoms with Crippen LogP contribution < -0.4 is 5.32 Å². The topological polar surface area (TPSA) is 38.3 Å². The van der Waals surface area contributed by atoms with Crippen molar-refractivity contribution < 1.29 is 9.53 Å². The normalized spacial score (nSPS) is 9.92. The lowest BCUT2D eigenvalue weighted by Gasteiger charge is -2.02. The van der Waals surface area contributed by atoms with Gasteiger partial charge in [-0.2, -0.15) is 11.3 Å². The lowest BCUT2D eigenvalue weighted by atomic mass is 10.3. The van der Waals surface area contributed by atoms with Gasteiger partial charge in [0, 0.05) is 6.54 Å². The zero-order valence-electron chi connectivity index (χ0n) is 7.58. The van der Waals surface area contributed by atoms with Crippen molar-refractivity contribution in [1.29, 1.82) is 0 Å². The maximum absolute atomic E-state index is 10.9. The minimum Gasteiger partial charge on any atom is -0.465 e. The molecule has 0 fully saturated rings. The van der Waals surface area contributed by atoms with E-state index in [0.717, 1.165) is 6.54 Å². The average molecular weight is 199 g/mol. The van der Waals surface area contributed by atoms with E-state index in [4.69, 9.17) is 4.74 Å². The van der Waals surface area contributed by atoms with Gasteiger partial charge in [-0.1, -0.05) is 0 Å². The van der Waals surface area contributed by atoms with Crippen LogP contribution in [0.15, 0.2) is 16.8 Å². The zero-order valence-corrected chi connectivity index (χ0v) is 8.39. The molecule has 72 valence electrons. The molecule has 0 amide bonds. The van der Waals surface area contributed by atoms with Crippen LogP contribution in [0.3, 0.4) is 0 Å². The minimum absolute atomic E-state index is 0.197. The third kappa shape index (κ3) is 4.05. The van der Waals surface area contributed by atoms with E-state index in [1.807, 2.05) is 11.4 Å². The monoisotopic (exact) mass is 199 g/mol. The van der Waals surface area contributed by atoms with Gasteiger partial charge in [0.15, 0.2) is 0 Å². The predicted molar refractivity (Wildman–Crippen MR) is 52.7 cm³/mol. The first-order valence-electron chi connectivity index (χ1n) is 4.20. The van der Waals surface area contributed by atoms with E-state index in [0.29, 0.717) is 6.61 Å². The standard InChI is InChI=1S/C9H13NO2S/c1-2-12-9(11)6-10-5-8-3-4-13-7-8/h3-4,7,10H,2,5-6H2,1H3. The highest BCUT2D eigenvalue weighted by atomic mass is 32.1. The van der Waals surface area contributed by atoms with E-state index in [9.17, 15) is 4.79 Å². The Morgan fingerprint density at radius 1 is 1.69 bits per heavy atom. The summed E-state index contributed by atoms with van der Waals surface area (Å²) in [7, 11) is 0. The third-order valence-electron chi connectivity index (χ3n) is 1.48. The molecule has 0 radical (unpaired) electrons. The molecule has 0 bridgehead atoms. The molecule has 0 aromatic carbocycles. The largest absolute Gasteiger partial charge is 0.465 e. The molecule has 0 saturated carbocycles. The van der Waals surface area contributed by atoms with E-state index in [2.05, 4.69) is 10.7 Å². The van der Waals surface area contributed by atoms with Crippen molar-refractivity contribution in [3.63, 3.8) is 0 Å². The maximum atomic E-state index is 10.9. The van der Waals surface area contributed by atoms with E-state index >= 15 is 0 Å². The van der Waals surface area contributed by atoms with Crippen LogP contribution in [-0.4, -0.2) is 19.1 Å². The number of hydrogen-bond acceptors (Lipinski definition) is 4. The summed E-state index contributed by atoms with van der Waals surface area (Å²) in [6, 6.07) is 2.03. The number of thiophene rings is 1. The Bertz CT molecular complexity index is 246. The Balaban J connectivity index is 2.11. The van der Waals surface area contributed by atoms with Crippen molar-refractivity contribution in [2.75, 3.05) is 13.2 Å². The summed E-state index contributed by atoms with van der Waals surface area (Å²) >= 11 is 1.65. The van der Waals surface area contributed by atoms with Crippen molar-refractivity contribution in [3.05, 3.63) is 22.4 Å². The lowest BCUT2D eigenvalue weighted by molar-refractivity contribution is -0.142. The van der Waals surface area contributed by atoms with Crippen LogP contribution in [-0.2, 0) is 16.1 Å². The van der Waals surface area contributed by atoms with Gasteiger partial charge in [-0.25, -0.2) is 0 Å². The Morgan fingerprint density at radius 2 is 2.54 bits per heavy atom. The SMILES string of the molecule is CCOC(=O)CNCc1ccsc1. The molecule has 1 aromatic rings. The zero-order chi connectivity index (χ0) is 9.52. The minimum atomic E-state index is -0.197. The number of carbonyl (C=O) groups is 1. The molecule has 1 aromatic heterocycles. The second kappa shape index (κ2) is 5.72. The first-order chi connectivity index (χ1) is 6.33. The fourth-order valence-corrected chi connectivity index (χ4v) is 1.58. The van der Waals surface area contributed by atoms with Gasteiger partial charge in [-0.3, -0.25) is 4.79 Å². The summed E-state index contributed by atoms with van der Waals surface area (Å²) in [6.45, 7) is 3.25. The van der Waals surface area contributed by atoms with Gasteiger partial charge in [0.25, 0.3) is 0 Å². The highest BCUT2D eigenvalue weighted by Gasteiger charge is 1.99. The van der Waals surface area contributed by atoms with E-state index in [1.165, 1.54) is 5.56 Å². The molecule has 0 aliphatic rings. The van der Waals surface area contributed by atoms with E-state index in [1.54, 1.807) is 18.3 Å². The molecular weight excluding hydrogens is 186 g/mol. The van der Waals surface area contributed by atoms with Gasteiger partial charge in [-0.15, -0.1) is 0 Å². The van der Waals surface area contributed by atoms with Crippen LogP contribution in [0.2, 0.25) is 0 Å². The second-order valence-electron chi connectivity index (χ2n) is 2.54. The number of hydrogen-bond donors (Lipinski definition) is 1. The predicted octanol–water partition coefficient (Wildman–Crippen LogP) is 1.40. The summed E-state index contributed by atoms with van der Waals surface area (Å²) in [5.74, 6) is -0.197. The van der Waals surface area contributed by atoms with Crippen LogP contribution in [0.5, 0.6) is 0 Å². The summed E-state index contributed by atoms with van der Waals surface area (Å²) in [4.78, 5) is 10.9. The fraction of sp³-hybridized carbons (Fsp3) is 0.444. The van der Waals surface area contributed by atoms with Crippen molar-refractivity contribution in [2.45, 2.75) is 13.5 Å². The van der Waals surface area contributed by atoms with Crippen LogP contribution in [0.4, 0.5) is 0 Å². The van der Waals surface area contributed by atoms with Gasteiger partial charge in [0.2, 0.25) is 0 Å². The van der Waals surface area contributed by atoms with Crippen molar-refractivity contribution in [3.8, 4) is 0 Å². The summed E-state index contributed by atoms with van der Waals surface area (Å²) in [6.07, 6.45) is 0. The lowest BCUT2D eigenvalue weighted by Crippen LogP contribution is -2.24. The van der Waals surface area contributed by atoms with Crippen molar-refractivity contribution >= 4 is 17.3 Å². The second-order valence-corrected chi connectivity index (χ2v) is 3.32. The van der Waals surface area contributed by atoms with Crippen LogP contribution in [0.25, 0.3) is 0 Å². The highest BCUT2D eigenvalue weighted by molar-refractivity contribution is 7.07. The molecule has 3 nitrogen and oxygen atoms in total. The number of nitrogens with one attached hydrogen (secondary N) is 1. The fourth-order valence-electron chi connectivity index (χ4n) is 0.914. The first-order valence-corrected chi connectivity index (χ1v) is 5.14. The van der Waals surface area contributed by atoms with Gasteiger partial charge < -0.3 is 10.1 Å². The quantitative estimate of drug-likeness (QED) is 0.728. The maximum Gasteiger partial charge on any atom is 0.319 e. The summed E-state index contributed by atoms with van der Waals surface area (Å²) < 4.78 is 4.76. The van der Waals surface area contributed by atoms with Gasteiger partial charge in [0.05, 0.1) is 13.2 Å². The number of carbonyl (C=O) groups excluding carboxylic acids is 1. The Hall–Kier alpha value is -0.870.